The zero-order valence-electron chi connectivity index (χ0n) is 13.6. The molecule has 3 aromatic rings. The molecular formula is C20H18FN3S. The predicted octanol–water partition coefficient (Wildman–Crippen LogP) is 4.31. The summed E-state index contributed by atoms with van der Waals surface area (Å²) in [6, 6.07) is 14.4. The Morgan fingerprint density at radius 1 is 1.16 bits per heavy atom. The molecule has 2 heterocycles. The van der Waals surface area contributed by atoms with Gasteiger partial charge in [-0.25, -0.2) is 4.39 Å². The minimum Gasteiger partial charge on any atom is -0.397 e. The number of nitrogens with zero attached hydrogens (tertiary/aromatic N) is 2. The molecule has 2 aromatic heterocycles. The van der Waals surface area contributed by atoms with Crippen LogP contribution in [0.25, 0.3) is 5.70 Å². The van der Waals surface area contributed by atoms with E-state index in [-0.39, 0.29) is 5.82 Å². The van der Waals surface area contributed by atoms with Crippen LogP contribution in [-0.4, -0.2) is 17.2 Å². The van der Waals surface area contributed by atoms with Crippen LogP contribution in [0.3, 0.4) is 0 Å². The van der Waals surface area contributed by atoms with Gasteiger partial charge in [-0.15, -0.1) is 0 Å². The summed E-state index contributed by atoms with van der Waals surface area (Å²) in [5, 5.41) is 4.01. The first-order chi connectivity index (χ1) is 12.2. The van der Waals surface area contributed by atoms with Crippen LogP contribution in [0.1, 0.15) is 16.8 Å². The number of rotatable bonds is 6. The van der Waals surface area contributed by atoms with Gasteiger partial charge in [0.15, 0.2) is 0 Å². The van der Waals surface area contributed by atoms with Gasteiger partial charge in [-0.05, 0) is 47.7 Å². The minimum absolute atomic E-state index is 0.196. The van der Waals surface area contributed by atoms with Crippen molar-refractivity contribution < 1.29 is 4.39 Å². The van der Waals surface area contributed by atoms with Gasteiger partial charge < -0.3 is 5.73 Å². The lowest BCUT2D eigenvalue weighted by molar-refractivity contribution is 0.609. The zero-order chi connectivity index (χ0) is 17.5. The molecule has 3 rings (SSSR count). The number of benzene rings is 1. The summed E-state index contributed by atoms with van der Waals surface area (Å²) in [7, 11) is 0. The van der Waals surface area contributed by atoms with E-state index in [0.29, 0.717) is 29.9 Å². The Morgan fingerprint density at radius 3 is 2.72 bits per heavy atom. The molecule has 0 unspecified atom stereocenters. The van der Waals surface area contributed by atoms with E-state index < -0.39 is 0 Å². The van der Waals surface area contributed by atoms with Crippen LogP contribution in [0.5, 0.6) is 0 Å². The topological polar surface area (TPSA) is 51.3 Å². The van der Waals surface area contributed by atoms with Gasteiger partial charge in [-0.3, -0.25) is 9.98 Å². The van der Waals surface area contributed by atoms with E-state index in [1.54, 1.807) is 29.7 Å². The highest BCUT2D eigenvalue weighted by atomic mass is 32.1. The molecule has 1 aromatic carbocycles. The van der Waals surface area contributed by atoms with E-state index in [0.717, 1.165) is 11.3 Å². The van der Waals surface area contributed by atoms with E-state index in [2.05, 4.69) is 9.98 Å². The predicted molar refractivity (Wildman–Crippen MR) is 102 cm³/mol. The SMILES string of the molecule is NC(=CC(=NCCc1ccccc1F)c1ccsc1)c1ccccn1. The maximum atomic E-state index is 13.7. The summed E-state index contributed by atoms with van der Waals surface area (Å²) in [6.45, 7) is 0.484. The summed E-state index contributed by atoms with van der Waals surface area (Å²) in [5.74, 6) is -0.196. The zero-order valence-corrected chi connectivity index (χ0v) is 14.4. The maximum absolute atomic E-state index is 13.7. The van der Waals surface area contributed by atoms with Gasteiger partial charge in [-0.1, -0.05) is 24.3 Å². The molecule has 0 saturated heterocycles. The van der Waals surface area contributed by atoms with Gasteiger partial charge in [0, 0.05) is 23.7 Å². The van der Waals surface area contributed by atoms with Crippen LogP contribution < -0.4 is 5.73 Å². The molecule has 3 nitrogen and oxygen atoms in total. The lowest BCUT2D eigenvalue weighted by Crippen LogP contribution is -2.05. The second-order valence-electron chi connectivity index (χ2n) is 5.44. The van der Waals surface area contributed by atoms with E-state index in [1.165, 1.54) is 6.07 Å². The Labute approximate surface area is 150 Å². The van der Waals surface area contributed by atoms with Gasteiger partial charge in [0.05, 0.1) is 17.1 Å². The lowest BCUT2D eigenvalue weighted by Gasteiger charge is -2.05. The molecule has 126 valence electrons. The molecule has 0 aliphatic rings. The van der Waals surface area contributed by atoms with E-state index in [1.807, 2.05) is 47.2 Å². The van der Waals surface area contributed by atoms with Crippen molar-refractivity contribution in [2.75, 3.05) is 6.54 Å². The first-order valence-electron chi connectivity index (χ1n) is 7.93. The molecule has 0 atom stereocenters. The van der Waals surface area contributed by atoms with Crippen LogP contribution >= 0.6 is 11.3 Å². The average Bonchev–Trinajstić information content (AvgIpc) is 3.17. The number of hydrogen-bond donors (Lipinski definition) is 1. The van der Waals surface area contributed by atoms with Crippen molar-refractivity contribution in [2.24, 2.45) is 10.7 Å². The highest BCUT2D eigenvalue weighted by Crippen LogP contribution is 2.13. The van der Waals surface area contributed by atoms with E-state index in [9.17, 15) is 4.39 Å². The van der Waals surface area contributed by atoms with Crippen molar-refractivity contribution in [2.45, 2.75) is 6.42 Å². The Morgan fingerprint density at radius 2 is 2.00 bits per heavy atom. The van der Waals surface area contributed by atoms with Crippen molar-refractivity contribution in [1.29, 1.82) is 0 Å². The molecule has 5 heteroatoms. The average molecular weight is 351 g/mol. The van der Waals surface area contributed by atoms with Crippen LogP contribution in [0, 0.1) is 5.82 Å². The maximum Gasteiger partial charge on any atom is 0.126 e. The first-order valence-corrected chi connectivity index (χ1v) is 8.87. The number of nitrogens with two attached hydrogens (primary N) is 1. The van der Waals surface area contributed by atoms with Crippen LogP contribution in [-0.2, 0) is 6.42 Å². The van der Waals surface area contributed by atoms with Crippen molar-refractivity contribution in [3.63, 3.8) is 0 Å². The molecule has 0 amide bonds. The quantitative estimate of drug-likeness (QED) is 0.673. The molecule has 0 fully saturated rings. The highest BCUT2D eigenvalue weighted by molar-refractivity contribution is 7.08. The van der Waals surface area contributed by atoms with Crippen molar-refractivity contribution in [3.05, 3.63) is 94.2 Å². The third-order valence-electron chi connectivity index (χ3n) is 3.69. The normalized spacial score (nSPS) is 12.4. The second-order valence-corrected chi connectivity index (χ2v) is 6.22. The number of hydrogen-bond acceptors (Lipinski definition) is 4. The summed E-state index contributed by atoms with van der Waals surface area (Å²) < 4.78 is 13.7. The molecule has 25 heavy (non-hydrogen) atoms. The molecular weight excluding hydrogens is 333 g/mol. The third-order valence-corrected chi connectivity index (χ3v) is 4.37. The van der Waals surface area contributed by atoms with E-state index in [4.69, 9.17) is 5.73 Å². The lowest BCUT2D eigenvalue weighted by atomic mass is 10.1. The van der Waals surface area contributed by atoms with Crippen LogP contribution in [0.2, 0.25) is 0 Å². The second kappa shape index (κ2) is 8.35. The van der Waals surface area contributed by atoms with Gasteiger partial charge in [0.2, 0.25) is 0 Å². The molecule has 0 radical (unpaired) electrons. The molecule has 0 aliphatic carbocycles. The minimum atomic E-state index is -0.196. The molecule has 2 N–H and O–H groups in total. The van der Waals surface area contributed by atoms with Crippen LogP contribution in [0.15, 0.2) is 76.6 Å². The third kappa shape index (κ3) is 4.61. The Bertz CT molecular complexity index is 871. The number of allylic oxidation sites excluding steroid dienone is 1. The molecule has 0 saturated carbocycles. The van der Waals surface area contributed by atoms with Gasteiger partial charge >= 0.3 is 0 Å². The molecule has 0 aliphatic heterocycles. The fraction of sp³-hybridized carbons (Fsp3) is 0.100. The number of aliphatic imine (C=N–C) groups is 1. The molecule has 0 bridgehead atoms. The monoisotopic (exact) mass is 351 g/mol. The van der Waals surface area contributed by atoms with Gasteiger partial charge in [0.1, 0.15) is 5.82 Å². The fourth-order valence-corrected chi connectivity index (χ4v) is 3.03. The highest BCUT2D eigenvalue weighted by Gasteiger charge is 2.05. The van der Waals surface area contributed by atoms with E-state index >= 15 is 0 Å². The standard InChI is InChI=1S/C20H18FN3S/c21-17-6-2-1-5-15(17)8-11-24-20(16-9-12-25-14-16)13-18(22)19-7-3-4-10-23-19/h1-7,9-10,12-14H,8,11,22H2. The van der Waals surface area contributed by atoms with Crippen LogP contribution in [0.4, 0.5) is 4.39 Å². The van der Waals surface area contributed by atoms with Gasteiger partial charge in [-0.2, -0.15) is 11.3 Å². The number of halogens is 1. The van der Waals surface area contributed by atoms with Gasteiger partial charge in [0.25, 0.3) is 0 Å². The largest absolute Gasteiger partial charge is 0.397 e. The number of thiophene rings is 1. The number of pyridine rings is 1. The molecule has 0 spiro atoms. The smallest absolute Gasteiger partial charge is 0.126 e. The van der Waals surface area contributed by atoms with Crippen molar-refractivity contribution >= 4 is 22.7 Å². The first kappa shape index (κ1) is 17.0. The summed E-state index contributed by atoms with van der Waals surface area (Å²) in [5.41, 5.74) is 9.87. The van der Waals surface area contributed by atoms with Crippen molar-refractivity contribution in [1.82, 2.24) is 4.98 Å². The Kier molecular flexibility index (Phi) is 5.69. The number of aromatic nitrogens is 1. The van der Waals surface area contributed by atoms with Crippen molar-refractivity contribution in [3.8, 4) is 0 Å². The Hall–Kier alpha value is -2.79. The summed E-state index contributed by atoms with van der Waals surface area (Å²) in [4.78, 5) is 8.90. The Balaban J connectivity index is 1.82. The summed E-state index contributed by atoms with van der Waals surface area (Å²) in [6.07, 6.45) is 4.07. The summed E-state index contributed by atoms with van der Waals surface area (Å²) >= 11 is 1.60. The fourth-order valence-electron chi connectivity index (χ4n) is 2.38.